The first kappa shape index (κ1) is 128. The molecular formula is C74H196O6S6. The minimum absolute atomic E-state index is 0. The molecule has 12 heteroatoms. The lowest BCUT2D eigenvalue weighted by Crippen LogP contribution is -1.96. The van der Waals surface area contributed by atoms with Crippen LogP contribution >= 0.6 is 70.6 Å². The molecule has 0 fully saturated rings. The van der Waals surface area contributed by atoms with Crippen molar-refractivity contribution in [1.82, 2.24) is 0 Å². The summed E-state index contributed by atoms with van der Waals surface area (Å²) < 4.78 is 28.6. The maximum absolute atomic E-state index is 4.80. The molecule has 0 aromatic heterocycles. The van der Waals surface area contributed by atoms with E-state index in [2.05, 4.69) is 231 Å². The summed E-state index contributed by atoms with van der Waals surface area (Å²) in [6.45, 7) is 79.4. The van der Waals surface area contributed by atoms with Gasteiger partial charge >= 0.3 is 0 Å². The highest BCUT2D eigenvalue weighted by Crippen LogP contribution is 2.04. The van der Waals surface area contributed by atoms with Gasteiger partial charge in [-0.25, -0.2) is 0 Å². The van der Waals surface area contributed by atoms with E-state index in [-0.39, 0.29) is 11.4 Å². The van der Waals surface area contributed by atoms with Gasteiger partial charge in [0.25, 0.3) is 0 Å². The van der Waals surface area contributed by atoms with E-state index < -0.39 is 0 Å². The van der Waals surface area contributed by atoms with Crippen LogP contribution in [0.5, 0.6) is 0 Å². The van der Waals surface area contributed by atoms with Crippen molar-refractivity contribution in [3.8, 4) is 0 Å². The Bertz CT molecular complexity index is 717. The summed E-state index contributed by atoms with van der Waals surface area (Å²) in [4.78, 5) is 0. The number of ether oxygens (including phenoxy) is 6. The van der Waals surface area contributed by atoms with Gasteiger partial charge in [-0.2, -0.15) is 70.6 Å². The van der Waals surface area contributed by atoms with Crippen molar-refractivity contribution in [1.29, 1.82) is 0 Å². The molecule has 0 aromatic carbocycles. The van der Waals surface area contributed by atoms with Crippen molar-refractivity contribution in [3.05, 3.63) is 0 Å². The third kappa shape index (κ3) is 389. The molecule has 0 rings (SSSR count). The smallest absolute Gasteiger partial charge is 0.0515 e. The highest BCUT2D eigenvalue weighted by Gasteiger charge is 1.90. The minimum atomic E-state index is 0. The van der Waals surface area contributed by atoms with Crippen molar-refractivity contribution in [2.45, 2.75) is 333 Å². The summed E-state index contributed by atoms with van der Waals surface area (Å²) in [5.74, 6) is 9.22. The zero-order chi connectivity index (χ0) is 72.8. The van der Waals surface area contributed by atoms with Crippen LogP contribution in [-0.4, -0.2) is 150 Å². The van der Waals surface area contributed by atoms with Crippen LogP contribution in [0.25, 0.3) is 0 Å². The van der Waals surface area contributed by atoms with E-state index in [9.17, 15) is 0 Å². The van der Waals surface area contributed by atoms with Gasteiger partial charge in [0, 0.05) is 67.3 Å². The predicted octanol–water partition coefficient (Wildman–Crippen LogP) is 28.7. The molecular weight excluding hydrogens is 1180 g/mol. The molecule has 0 unspecified atom stereocenters. The maximum Gasteiger partial charge on any atom is 0.0515 e. The lowest BCUT2D eigenvalue weighted by molar-refractivity contribution is 0.134. The minimum Gasteiger partial charge on any atom is -0.384 e. The molecule has 0 saturated carbocycles. The second kappa shape index (κ2) is 124. The molecule has 0 spiro atoms. The normalized spacial score (nSPS) is 9.77. The standard InChI is InChI=1S/2C6H14.2C5H12O.2C5H12S.2C5H12.4C4H10O.4C4H10S.8H2/c2*1-4-5-6(2)3;4*1-5(2)4-6-3;2*1-4-5(2)3;8*1-4(2)5-3;;;;;;;;/h2*6H,4-5H2,1-3H3;4*5H,4H2,1-3H3;2*5H,4H2,1-3H3;8*4H,1-3H3;8*1H. The third-order valence-corrected chi connectivity index (χ3v) is 14.9. The Morgan fingerprint density at radius 1 is 0.256 bits per heavy atom. The van der Waals surface area contributed by atoms with E-state index in [1.807, 2.05) is 126 Å². The molecule has 86 heavy (non-hydrogen) atoms. The molecule has 0 aliphatic rings. The molecule has 0 heterocycles. The fourth-order valence-corrected chi connectivity index (χ4v) is 3.82. The van der Waals surface area contributed by atoms with Gasteiger partial charge in [0.15, 0.2) is 0 Å². The summed E-state index contributed by atoms with van der Waals surface area (Å²) in [5.41, 5.74) is 0. The Morgan fingerprint density at radius 3 is 0.395 bits per heavy atom. The van der Waals surface area contributed by atoms with Gasteiger partial charge in [-0.15, -0.1) is 0 Å². The van der Waals surface area contributed by atoms with E-state index in [4.69, 9.17) is 28.4 Å². The topological polar surface area (TPSA) is 55.4 Å². The third-order valence-electron chi connectivity index (χ3n) is 9.14. The van der Waals surface area contributed by atoms with E-state index >= 15 is 0 Å². The summed E-state index contributed by atoms with van der Waals surface area (Å²) >= 11 is 11.3. The van der Waals surface area contributed by atoms with Crippen molar-refractivity contribution in [2.75, 3.05) is 105 Å². The van der Waals surface area contributed by atoms with E-state index in [1.54, 1.807) is 42.7 Å². The van der Waals surface area contributed by atoms with Crippen LogP contribution in [0.1, 0.15) is 299 Å². The van der Waals surface area contributed by atoms with Gasteiger partial charge < -0.3 is 28.4 Å². The second-order valence-corrected chi connectivity index (χ2v) is 33.1. The molecule has 0 amide bonds. The van der Waals surface area contributed by atoms with Crippen molar-refractivity contribution < 1.29 is 39.8 Å². The molecule has 0 atom stereocenters. The number of rotatable bonds is 22. The Labute approximate surface area is 592 Å². The highest BCUT2D eigenvalue weighted by atomic mass is 32.2. The summed E-state index contributed by atoms with van der Waals surface area (Å²) in [6.07, 6.45) is 22.3. The summed E-state index contributed by atoms with van der Waals surface area (Å²) in [6, 6.07) is 0. The van der Waals surface area contributed by atoms with Crippen LogP contribution in [0.4, 0.5) is 0 Å². The largest absolute Gasteiger partial charge is 0.384 e. The van der Waals surface area contributed by atoms with Gasteiger partial charge in [0.1, 0.15) is 0 Å². The average Bonchev–Trinajstić information content (AvgIpc) is 3.40. The Morgan fingerprint density at radius 2 is 0.395 bits per heavy atom. The lowest BCUT2D eigenvalue weighted by Gasteiger charge is -1.97. The quantitative estimate of drug-likeness (QED) is 0.104. The lowest BCUT2D eigenvalue weighted by atomic mass is 10.1. The Hall–Kier alpha value is 1.86. The molecule has 0 bridgehead atoms. The molecule has 6 nitrogen and oxygen atoms in total. The van der Waals surface area contributed by atoms with Crippen molar-refractivity contribution >= 4 is 70.6 Å². The zero-order valence-corrected chi connectivity index (χ0v) is 74.1. The predicted molar refractivity (Wildman–Crippen MR) is 450 cm³/mol. The van der Waals surface area contributed by atoms with Gasteiger partial charge in [0.2, 0.25) is 0 Å². The highest BCUT2D eigenvalue weighted by molar-refractivity contribution is 8.00. The SMILES string of the molecule is CCC(C)C.CCC(C)C.CCCC(C)C.CCCC(C)C.COC(C)C.COC(C)C.COC(C)C.COC(C)C.COCC(C)C.COCC(C)C.CSC(C)C.CSC(C)C.CSC(C)C.CSC(C)C.CSCC(C)C.CSCC(C)C.[HH].[HH].[HH].[HH].[HH].[HH].[HH].[HH]. The number of hydrogen-bond donors (Lipinski definition) is 0. The van der Waals surface area contributed by atoms with E-state index in [0.717, 1.165) is 69.7 Å². The molecule has 564 valence electrons. The molecule has 0 N–H and O–H groups in total. The van der Waals surface area contributed by atoms with E-state index in [0.29, 0.717) is 36.3 Å². The second-order valence-electron chi connectivity index (χ2n) is 25.6. The van der Waals surface area contributed by atoms with Gasteiger partial charge in [-0.1, -0.05) is 232 Å². The van der Waals surface area contributed by atoms with Gasteiger partial charge in [-0.05, 0) is 173 Å². The number of methoxy groups -OCH3 is 6. The molecule has 0 aliphatic carbocycles. The van der Waals surface area contributed by atoms with Gasteiger partial charge in [0.05, 0.1) is 24.4 Å². The summed E-state index contributed by atoms with van der Waals surface area (Å²) in [5, 5.41) is 3.20. The van der Waals surface area contributed by atoms with Crippen molar-refractivity contribution in [2.24, 2.45) is 47.3 Å². The monoisotopic (exact) mass is 1370 g/mol. The van der Waals surface area contributed by atoms with Crippen LogP contribution in [0.3, 0.4) is 0 Å². The van der Waals surface area contributed by atoms with Crippen LogP contribution in [0, 0.1) is 47.3 Å². The van der Waals surface area contributed by atoms with E-state index in [1.165, 1.54) is 50.0 Å². The van der Waals surface area contributed by atoms with Crippen LogP contribution in [0.2, 0.25) is 0 Å². The first-order chi connectivity index (χ1) is 39.3. The Kier molecular flexibility index (Phi) is 185. The zero-order valence-electron chi connectivity index (χ0n) is 69.2. The van der Waals surface area contributed by atoms with Gasteiger partial charge in [-0.3, -0.25) is 0 Å². The fraction of sp³-hybridized carbons (Fsp3) is 1.00. The summed E-state index contributed by atoms with van der Waals surface area (Å²) in [7, 11) is 10.2. The number of thioether (sulfide) groups is 6. The molecule has 0 aromatic rings. The maximum atomic E-state index is 4.80. The first-order valence-electron chi connectivity index (χ1n) is 33.5. The Balaban J connectivity index is -0.0000000251. The first-order valence-corrected chi connectivity index (χ1v) is 41.4. The number of hydrogen-bond acceptors (Lipinski definition) is 12. The molecule has 0 aliphatic heterocycles. The molecule has 0 radical (unpaired) electrons. The average molecular weight is 1370 g/mol. The molecule has 0 saturated heterocycles. The van der Waals surface area contributed by atoms with Crippen LogP contribution < -0.4 is 0 Å². The van der Waals surface area contributed by atoms with Crippen molar-refractivity contribution in [3.63, 3.8) is 0 Å². The fourth-order valence-electron chi connectivity index (χ4n) is 2.49. The van der Waals surface area contributed by atoms with Crippen LogP contribution in [-0.2, 0) is 28.4 Å². The van der Waals surface area contributed by atoms with Crippen LogP contribution in [0.15, 0.2) is 0 Å².